The van der Waals surface area contributed by atoms with Crippen molar-refractivity contribution in [2.75, 3.05) is 13.2 Å². The predicted molar refractivity (Wildman–Crippen MR) is 130 cm³/mol. The van der Waals surface area contributed by atoms with Crippen molar-refractivity contribution in [1.29, 1.82) is 0 Å². The molecule has 1 aliphatic heterocycles. The molecule has 176 valence electrons. The largest absolute Gasteiger partial charge is 0.507 e. The number of carbonyl (C=O) groups excluding carboxylic acids is 2. The summed E-state index contributed by atoms with van der Waals surface area (Å²) in [6, 6.07) is 13.1. The van der Waals surface area contributed by atoms with Crippen LogP contribution in [0.25, 0.3) is 5.76 Å². The Morgan fingerprint density at radius 1 is 1.09 bits per heavy atom. The van der Waals surface area contributed by atoms with Crippen molar-refractivity contribution >= 4 is 29.1 Å². The Balaban J connectivity index is 1.67. The highest BCUT2D eigenvalue weighted by molar-refractivity contribution is 6.46. The number of halogens is 1. The molecule has 2 heterocycles. The molecule has 0 bridgehead atoms. The van der Waals surface area contributed by atoms with E-state index in [4.69, 9.17) is 16.3 Å². The Labute approximate surface area is 203 Å². The fraction of sp³-hybridized carbons (Fsp3) is 0.269. The van der Waals surface area contributed by atoms with Crippen LogP contribution < -0.4 is 4.74 Å². The van der Waals surface area contributed by atoms with Crippen LogP contribution in [0.5, 0.6) is 5.75 Å². The molecule has 3 aromatic rings. The number of aliphatic hydroxyl groups excluding tert-OH is 1. The van der Waals surface area contributed by atoms with Crippen molar-refractivity contribution in [3.63, 3.8) is 0 Å². The third-order valence-corrected chi connectivity index (χ3v) is 5.95. The summed E-state index contributed by atoms with van der Waals surface area (Å²) in [5.41, 5.74) is 1.21. The van der Waals surface area contributed by atoms with Crippen molar-refractivity contribution in [1.82, 2.24) is 14.5 Å². The van der Waals surface area contributed by atoms with Gasteiger partial charge in [0.05, 0.1) is 24.5 Å². The van der Waals surface area contributed by atoms with Crippen LogP contribution in [0.2, 0.25) is 5.02 Å². The van der Waals surface area contributed by atoms with Gasteiger partial charge in [-0.1, -0.05) is 30.7 Å². The molecule has 1 amide bonds. The number of benzene rings is 2. The summed E-state index contributed by atoms with van der Waals surface area (Å²) in [5.74, 6) is -0.869. The van der Waals surface area contributed by atoms with Crippen molar-refractivity contribution in [2.45, 2.75) is 32.4 Å². The van der Waals surface area contributed by atoms with E-state index in [9.17, 15) is 14.7 Å². The molecular weight excluding hydrogens is 454 g/mol. The van der Waals surface area contributed by atoms with Crippen molar-refractivity contribution in [3.05, 3.63) is 89.0 Å². The number of aryl methyl sites for hydroxylation is 1. The second-order valence-electron chi connectivity index (χ2n) is 8.07. The number of imidazole rings is 1. The van der Waals surface area contributed by atoms with E-state index in [2.05, 4.69) is 4.98 Å². The lowest BCUT2D eigenvalue weighted by atomic mass is 9.95. The van der Waals surface area contributed by atoms with Gasteiger partial charge in [0.15, 0.2) is 0 Å². The first-order valence-corrected chi connectivity index (χ1v) is 11.6. The second kappa shape index (κ2) is 10.6. The minimum atomic E-state index is -0.712. The molecule has 0 saturated carbocycles. The van der Waals surface area contributed by atoms with Gasteiger partial charge in [0.2, 0.25) is 0 Å². The molecule has 4 rings (SSSR count). The summed E-state index contributed by atoms with van der Waals surface area (Å²) >= 11 is 6.07. The lowest BCUT2D eigenvalue weighted by Crippen LogP contribution is -2.31. The number of hydrogen-bond donors (Lipinski definition) is 1. The van der Waals surface area contributed by atoms with Gasteiger partial charge in [0, 0.05) is 36.1 Å². The zero-order valence-electron chi connectivity index (χ0n) is 18.9. The molecule has 2 aromatic carbocycles. The van der Waals surface area contributed by atoms with Crippen LogP contribution in [0.15, 0.2) is 72.8 Å². The van der Waals surface area contributed by atoms with E-state index in [1.807, 2.05) is 17.7 Å². The number of likely N-dealkylation sites (tertiary alicyclic amines) is 1. The number of Topliss-reactive ketones (excluding diaryl/α,β-unsaturated/α-hetero) is 1. The van der Waals surface area contributed by atoms with Gasteiger partial charge in [-0.15, -0.1) is 0 Å². The number of nitrogens with zero attached hydrogens (tertiary/aromatic N) is 3. The molecule has 0 radical (unpaired) electrons. The average molecular weight is 480 g/mol. The van der Waals surface area contributed by atoms with E-state index in [1.54, 1.807) is 61.1 Å². The number of aromatic nitrogens is 2. The summed E-state index contributed by atoms with van der Waals surface area (Å²) in [6.45, 7) is 3.60. The summed E-state index contributed by atoms with van der Waals surface area (Å²) in [7, 11) is 0. The molecule has 1 saturated heterocycles. The number of aliphatic hydroxyl groups is 1. The lowest BCUT2D eigenvalue weighted by molar-refractivity contribution is -0.139. The zero-order valence-corrected chi connectivity index (χ0v) is 19.6. The smallest absolute Gasteiger partial charge is 0.295 e. The van der Waals surface area contributed by atoms with Gasteiger partial charge in [0.25, 0.3) is 11.7 Å². The molecule has 7 nitrogen and oxygen atoms in total. The number of ketones is 1. The topological polar surface area (TPSA) is 84.7 Å². The zero-order chi connectivity index (χ0) is 24.1. The standard InChI is InChI=1S/C26H26ClN3O4/c1-2-16-34-21-10-6-19(7-11-21)24(31)22-23(18-4-8-20(27)9-5-18)30(26(33)25(22)32)14-3-13-29-15-12-28-17-29/h4-12,15,17,23,31H,2-3,13-14,16H2,1H3/b24-22+. The van der Waals surface area contributed by atoms with Gasteiger partial charge >= 0.3 is 0 Å². The predicted octanol–water partition coefficient (Wildman–Crippen LogP) is 4.84. The quantitative estimate of drug-likeness (QED) is 0.270. The Kier molecular flexibility index (Phi) is 7.33. The number of hydrogen-bond acceptors (Lipinski definition) is 5. The first kappa shape index (κ1) is 23.6. The van der Waals surface area contributed by atoms with E-state index in [-0.39, 0.29) is 11.3 Å². The fourth-order valence-corrected chi connectivity index (χ4v) is 4.16. The first-order valence-electron chi connectivity index (χ1n) is 11.2. The molecule has 34 heavy (non-hydrogen) atoms. The van der Waals surface area contributed by atoms with E-state index in [0.29, 0.717) is 48.0 Å². The van der Waals surface area contributed by atoms with Gasteiger partial charge in [0.1, 0.15) is 11.5 Å². The maximum absolute atomic E-state index is 13.1. The monoisotopic (exact) mass is 479 g/mol. The minimum Gasteiger partial charge on any atom is -0.507 e. The Morgan fingerprint density at radius 2 is 1.82 bits per heavy atom. The van der Waals surface area contributed by atoms with E-state index >= 15 is 0 Å². The lowest BCUT2D eigenvalue weighted by Gasteiger charge is -2.25. The summed E-state index contributed by atoms with van der Waals surface area (Å²) in [4.78, 5) is 31.7. The SMILES string of the molecule is CCCOc1ccc(/C(O)=C2\C(=O)C(=O)N(CCCn3ccnc3)C2c2ccc(Cl)cc2)cc1. The third-order valence-electron chi connectivity index (χ3n) is 5.70. The molecule has 1 fully saturated rings. The van der Waals surface area contributed by atoms with Gasteiger partial charge in [-0.05, 0) is 54.8 Å². The number of rotatable bonds is 9. The Bertz CT molecular complexity index is 1170. The number of carbonyl (C=O) groups is 2. The highest BCUT2D eigenvalue weighted by atomic mass is 35.5. The first-order chi connectivity index (χ1) is 16.5. The van der Waals surface area contributed by atoms with E-state index in [1.165, 1.54) is 4.90 Å². The van der Waals surface area contributed by atoms with Gasteiger partial charge in [-0.25, -0.2) is 4.98 Å². The van der Waals surface area contributed by atoms with Crippen LogP contribution in [0.1, 0.15) is 36.9 Å². The maximum atomic E-state index is 13.1. The highest BCUT2D eigenvalue weighted by Crippen LogP contribution is 2.40. The number of amides is 1. The molecule has 1 aliphatic rings. The highest BCUT2D eigenvalue weighted by Gasteiger charge is 2.45. The van der Waals surface area contributed by atoms with E-state index < -0.39 is 17.7 Å². The Morgan fingerprint density at radius 3 is 2.47 bits per heavy atom. The van der Waals surface area contributed by atoms with Crippen molar-refractivity contribution in [3.8, 4) is 5.75 Å². The van der Waals surface area contributed by atoms with Gasteiger partial charge < -0.3 is 19.3 Å². The molecular formula is C26H26ClN3O4. The molecule has 0 spiro atoms. The molecule has 1 aromatic heterocycles. The third kappa shape index (κ3) is 4.99. The van der Waals surface area contributed by atoms with Crippen LogP contribution in [-0.2, 0) is 16.1 Å². The van der Waals surface area contributed by atoms with Gasteiger partial charge in [-0.3, -0.25) is 9.59 Å². The summed E-state index contributed by atoms with van der Waals surface area (Å²) < 4.78 is 7.51. The van der Waals surface area contributed by atoms with Crippen molar-refractivity contribution in [2.24, 2.45) is 0 Å². The minimum absolute atomic E-state index is 0.0668. The van der Waals surface area contributed by atoms with Crippen LogP contribution in [0.3, 0.4) is 0 Å². The summed E-state index contributed by atoms with van der Waals surface area (Å²) in [5, 5.41) is 11.7. The number of ether oxygens (including phenoxy) is 1. The normalized spacial score (nSPS) is 17.4. The average Bonchev–Trinajstić information content (AvgIpc) is 3.45. The molecule has 0 aliphatic carbocycles. The van der Waals surface area contributed by atoms with E-state index in [0.717, 1.165) is 6.42 Å². The van der Waals surface area contributed by atoms with Crippen molar-refractivity contribution < 1.29 is 19.4 Å². The molecule has 1 atom stereocenters. The maximum Gasteiger partial charge on any atom is 0.295 e. The molecule has 8 heteroatoms. The van der Waals surface area contributed by atoms with Crippen LogP contribution in [-0.4, -0.2) is 44.4 Å². The Hall–Kier alpha value is -3.58. The van der Waals surface area contributed by atoms with Gasteiger partial charge in [-0.2, -0.15) is 0 Å². The van der Waals surface area contributed by atoms with Crippen LogP contribution >= 0.6 is 11.6 Å². The van der Waals surface area contributed by atoms with Crippen LogP contribution in [0.4, 0.5) is 0 Å². The molecule has 1 unspecified atom stereocenters. The second-order valence-corrected chi connectivity index (χ2v) is 8.51. The molecule has 1 N–H and O–H groups in total. The summed E-state index contributed by atoms with van der Waals surface area (Å²) in [6.07, 6.45) is 6.75. The fourth-order valence-electron chi connectivity index (χ4n) is 4.03. The van der Waals surface area contributed by atoms with Crippen LogP contribution in [0, 0.1) is 0 Å².